The van der Waals surface area contributed by atoms with Crippen molar-refractivity contribution in [3.8, 4) is 0 Å². The maximum absolute atomic E-state index is 13.0. The standard InChI is InChI=1S/C24H28N2O3/c1-15-12-19-21(16(2)24(10-11-24)23(4,28)22(19)27)20(15)14-26(29)17(3)25-13-18-8-6-5-7-9-18/h5-9,12,25,28-29H,3,10-11,13-14H2,1-2,4H3/t23-/m0/s1. The van der Waals surface area contributed by atoms with E-state index in [-0.39, 0.29) is 12.3 Å². The minimum absolute atomic E-state index is 0.213. The molecule has 0 bridgehead atoms. The second-order valence-electron chi connectivity index (χ2n) is 8.55. The van der Waals surface area contributed by atoms with Gasteiger partial charge in [0.15, 0.2) is 5.78 Å². The minimum Gasteiger partial charge on any atom is -0.381 e. The molecule has 3 N–H and O–H groups in total. The van der Waals surface area contributed by atoms with Crippen LogP contribution in [-0.2, 0) is 11.3 Å². The zero-order valence-electron chi connectivity index (χ0n) is 17.2. The number of nitrogens with zero attached hydrogens (tertiary/aromatic N) is 1. The maximum Gasteiger partial charge on any atom is 0.195 e. The molecule has 0 heterocycles. The highest BCUT2D eigenvalue weighted by Crippen LogP contribution is 2.64. The molecule has 0 saturated heterocycles. The molecule has 5 nitrogen and oxygen atoms in total. The zero-order valence-corrected chi connectivity index (χ0v) is 17.2. The summed E-state index contributed by atoms with van der Waals surface area (Å²) < 4.78 is 0. The molecule has 0 aromatic heterocycles. The Labute approximate surface area is 171 Å². The van der Waals surface area contributed by atoms with Crippen LogP contribution in [0.15, 0.2) is 76.7 Å². The first kappa shape index (κ1) is 19.7. The third-order valence-corrected chi connectivity index (χ3v) is 6.83. The lowest BCUT2D eigenvalue weighted by Crippen LogP contribution is -2.49. The topological polar surface area (TPSA) is 72.8 Å². The molecule has 0 radical (unpaired) electrons. The predicted octanol–water partition coefficient (Wildman–Crippen LogP) is 3.63. The number of Topliss-reactive ketones (excluding diaryl/α,β-unsaturated/α-hetero) is 1. The van der Waals surface area contributed by atoms with Crippen LogP contribution in [0.25, 0.3) is 0 Å². The molecule has 5 heteroatoms. The van der Waals surface area contributed by atoms with Gasteiger partial charge in [0, 0.05) is 17.5 Å². The fourth-order valence-corrected chi connectivity index (χ4v) is 4.75. The van der Waals surface area contributed by atoms with Crippen molar-refractivity contribution in [1.82, 2.24) is 10.4 Å². The highest BCUT2D eigenvalue weighted by Gasteiger charge is 2.65. The third-order valence-electron chi connectivity index (χ3n) is 6.83. The van der Waals surface area contributed by atoms with Crippen molar-refractivity contribution in [3.05, 3.63) is 82.2 Å². The van der Waals surface area contributed by atoms with E-state index in [0.29, 0.717) is 17.9 Å². The van der Waals surface area contributed by atoms with Gasteiger partial charge >= 0.3 is 0 Å². The highest BCUT2D eigenvalue weighted by molar-refractivity contribution is 6.10. The van der Waals surface area contributed by atoms with Crippen LogP contribution in [0.3, 0.4) is 0 Å². The summed E-state index contributed by atoms with van der Waals surface area (Å²) in [7, 11) is 0. The number of nitrogens with one attached hydrogen (secondary N) is 1. The summed E-state index contributed by atoms with van der Waals surface area (Å²) in [5, 5.41) is 25.8. The first-order valence-electron chi connectivity index (χ1n) is 10.0. The fraction of sp³-hybridized carbons (Fsp3) is 0.375. The fourth-order valence-electron chi connectivity index (χ4n) is 4.75. The van der Waals surface area contributed by atoms with Crippen LogP contribution in [0.1, 0.15) is 39.2 Å². The molecule has 1 spiro atoms. The molecule has 3 aliphatic carbocycles. The molecule has 0 unspecified atom stereocenters. The Balaban J connectivity index is 1.53. The van der Waals surface area contributed by atoms with Crippen LogP contribution in [0.5, 0.6) is 0 Å². The van der Waals surface area contributed by atoms with Gasteiger partial charge in [-0.25, -0.2) is 5.06 Å². The van der Waals surface area contributed by atoms with Crippen molar-refractivity contribution >= 4 is 5.78 Å². The lowest BCUT2D eigenvalue weighted by atomic mass is 9.67. The molecule has 3 aliphatic rings. The van der Waals surface area contributed by atoms with Gasteiger partial charge in [-0.15, -0.1) is 0 Å². The Morgan fingerprint density at radius 2 is 1.90 bits per heavy atom. The first-order valence-corrected chi connectivity index (χ1v) is 10.0. The van der Waals surface area contributed by atoms with Gasteiger partial charge in [0.2, 0.25) is 0 Å². The van der Waals surface area contributed by atoms with E-state index in [4.69, 9.17) is 0 Å². The van der Waals surface area contributed by atoms with Gasteiger partial charge in [-0.2, -0.15) is 0 Å². The number of allylic oxidation sites excluding steroid dienone is 2. The summed E-state index contributed by atoms with van der Waals surface area (Å²) >= 11 is 0. The molecular weight excluding hydrogens is 364 g/mol. The number of ketones is 1. The van der Waals surface area contributed by atoms with Crippen molar-refractivity contribution < 1.29 is 15.1 Å². The van der Waals surface area contributed by atoms with Gasteiger partial charge in [-0.3, -0.25) is 10.0 Å². The average molecular weight is 392 g/mol. The van der Waals surface area contributed by atoms with Gasteiger partial charge < -0.3 is 10.4 Å². The summed E-state index contributed by atoms with van der Waals surface area (Å²) in [6.07, 6.45) is 3.47. The number of hydrogen-bond acceptors (Lipinski definition) is 5. The summed E-state index contributed by atoms with van der Waals surface area (Å²) in [6, 6.07) is 9.90. The van der Waals surface area contributed by atoms with Crippen LogP contribution in [0, 0.1) is 5.41 Å². The number of hydroxylamine groups is 2. The van der Waals surface area contributed by atoms with Gasteiger partial charge in [0.1, 0.15) is 11.4 Å². The van der Waals surface area contributed by atoms with Gasteiger partial charge in [0.25, 0.3) is 0 Å². The Kier molecular flexibility index (Phi) is 4.56. The summed E-state index contributed by atoms with van der Waals surface area (Å²) in [5.74, 6) is 0.187. The van der Waals surface area contributed by atoms with Crippen molar-refractivity contribution in [2.45, 2.75) is 45.8 Å². The Hall–Kier alpha value is -2.63. The third kappa shape index (κ3) is 2.96. The molecule has 4 rings (SSSR count). The molecule has 1 saturated carbocycles. The second kappa shape index (κ2) is 6.71. The van der Waals surface area contributed by atoms with Crippen molar-refractivity contribution in [3.63, 3.8) is 0 Å². The molecule has 1 aromatic carbocycles. The van der Waals surface area contributed by atoms with Crippen LogP contribution >= 0.6 is 0 Å². The molecule has 152 valence electrons. The number of benzene rings is 1. The van der Waals surface area contributed by atoms with E-state index in [2.05, 4.69) is 11.9 Å². The van der Waals surface area contributed by atoms with Gasteiger partial charge in [-0.05, 0) is 62.0 Å². The molecular formula is C24H28N2O3. The number of carbonyl (C=O) groups is 1. The normalized spacial score (nSPS) is 24.6. The van der Waals surface area contributed by atoms with E-state index >= 15 is 0 Å². The SMILES string of the molecule is C=C(NCc1ccccc1)N(O)CC1=C(C)C=C2C(=O)[C@](C)(O)C3(CC3)C(C)=C21. The molecule has 1 atom stereocenters. The Morgan fingerprint density at radius 1 is 1.24 bits per heavy atom. The smallest absolute Gasteiger partial charge is 0.195 e. The van der Waals surface area contributed by atoms with E-state index in [9.17, 15) is 15.1 Å². The molecule has 0 amide bonds. The van der Waals surface area contributed by atoms with E-state index in [1.165, 1.54) is 0 Å². The summed E-state index contributed by atoms with van der Waals surface area (Å²) in [4.78, 5) is 13.0. The van der Waals surface area contributed by atoms with Crippen LogP contribution in [0.2, 0.25) is 0 Å². The minimum atomic E-state index is -1.36. The van der Waals surface area contributed by atoms with Crippen molar-refractivity contribution in [2.75, 3.05) is 6.54 Å². The van der Waals surface area contributed by atoms with E-state index in [0.717, 1.165) is 45.8 Å². The lowest BCUT2D eigenvalue weighted by Gasteiger charge is -2.39. The van der Waals surface area contributed by atoms with Crippen LogP contribution in [-0.4, -0.2) is 33.3 Å². The van der Waals surface area contributed by atoms with Crippen molar-refractivity contribution in [2.24, 2.45) is 5.41 Å². The molecule has 1 aromatic rings. The van der Waals surface area contributed by atoms with Crippen LogP contribution in [0.4, 0.5) is 0 Å². The molecule has 1 fully saturated rings. The number of fused-ring (bicyclic) bond motifs is 1. The first-order chi connectivity index (χ1) is 13.7. The molecule has 29 heavy (non-hydrogen) atoms. The van der Waals surface area contributed by atoms with Crippen molar-refractivity contribution in [1.29, 1.82) is 0 Å². The number of aliphatic hydroxyl groups is 1. The predicted molar refractivity (Wildman–Crippen MR) is 112 cm³/mol. The Morgan fingerprint density at radius 3 is 2.52 bits per heavy atom. The molecule has 0 aliphatic heterocycles. The summed E-state index contributed by atoms with van der Waals surface area (Å²) in [5.41, 5.74) is 3.63. The average Bonchev–Trinajstić information content (AvgIpc) is 3.46. The summed E-state index contributed by atoms with van der Waals surface area (Å²) in [6.45, 7) is 10.3. The van der Waals surface area contributed by atoms with Crippen LogP contribution < -0.4 is 5.32 Å². The second-order valence-corrected chi connectivity index (χ2v) is 8.55. The zero-order chi connectivity index (χ0) is 21.0. The maximum atomic E-state index is 13.0. The largest absolute Gasteiger partial charge is 0.381 e. The lowest BCUT2D eigenvalue weighted by molar-refractivity contribution is -0.137. The van der Waals surface area contributed by atoms with Gasteiger partial charge in [-0.1, -0.05) is 42.5 Å². The van der Waals surface area contributed by atoms with E-state index in [1.807, 2.05) is 50.3 Å². The van der Waals surface area contributed by atoms with E-state index in [1.54, 1.807) is 6.92 Å². The number of rotatable bonds is 6. The Bertz CT molecular complexity index is 979. The number of carbonyl (C=O) groups excluding carboxylic acids is 1. The quantitative estimate of drug-likeness (QED) is 0.645. The highest BCUT2D eigenvalue weighted by atomic mass is 16.5. The van der Waals surface area contributed by atoms with Gasteiger partial charge in [0.05, 0.1) is 6.54 Å². The number of hydrogen-bond donors (Lipinski definition) is 3. The monoisotopic (exact) mass is 392 g/mol. The van der Waals surface area contributed by atoms with E-state index < -0.39 is 11.0 Å².